The molecule has 0 bridgehead atoms. The van der Waals surface area contributed by atoms with E-state index in [1.807, 2.05) is 41.3 Å². The highest BCUT2D eigenvalue weighted by Gasteiger charge is 2.22. The monoisotopic (exact) mass is 457 g/mol. The Morgan fingerprint density at radius 2 is 1.79 bits per heavy atom. The zero-order valence-corrected chi connectivity index (χ0v) is 20.1. The third-order valence-electron chi connectivity index (χ3n) is 6.83. The fraction of sp³-hybridized carbons (Fsp3) is 0.379. The number of amides is 1. The molecule has 1 fully saturated rings. The van der Waals surface area contributed by atoms with Gasteiger partial charge in [0, 0.05) is 37.6 Å². The summed E-state index contributed by atoms with van der Waals surface area (Å²) in [6.45, 7) is 4.28. The number of benzene rings is 2. The van der Waals surface area contributed by atoms with Gasteiger partial charge in [-0.1, -0.05) is 48.5 Å². The highest BCUT2D eigenvalue weighted by atomic mass is 16.5. The molecule has 3 aromatic rings. The van der Waals surface area contributed by atoms with Gasteiger partial charge in [0.05, 0.1) is 12.7 Å². The second-order valence-corrected chi connectivity index (χ2v) is 9.09. The molecule has 1 amide bonds. The summed E-state index contributed by atoms with van der Waals surface area (Å²) in [6, 6.07) is 22.4. The molecule has 2 aromatic carbocycles. The SMILES string of the molecule is COc1ccccc1CN(CCN1CCC(CCc2ccccc2)CC1)C(=O)c1cccnc1. The lowest BCUT2D eigenvalue weighted by Gasteiger charge is -2.34. The molecule has 0 aliphatic carbocycles. The molecule has 34 heavy (non-hydrogen) atoms. The summed E-state index contributed by atoms with van der Waals surface area (Å²) >= 11 is 0. The van der Waals surface area contributed by atoms with Gasteiger partial charge in [0.1, 0.15) is 5.75 Å². The average molecular weight is 458 g/mol. The minimum absolute atomic E-state index is 0.0109. The molecule has 0 unspecified atom stereocenters. The molecule has 0 atom stereocenters. The van der Waals surface area contributed by atoms with Crippen LogP contribution in [0, 0.1) is 5.92 Å². The number of pyridine rings is 1. The Bertz CT molecular complexity index is 1020. The molecule has 5 heteroatoms. The van der Waals surface area contributed by atoms with E-state index in [-0.39, 0.29) is 5.91 Å². The molecule has 0 N–H and O–H groups in total. The van der Waals surface area contributed by atoms with Crippen LogP contribution in [0.1, 0.15) is 40.7 Å². The summed E-state index contributed by atoms with van der Waals surface area (Å²) in [7, 11) is 1.67. The molecule has 5 nitrogen and oxygen atoms in total. The summed E-state index contributed by atoms with van der Waals surface area (Å²) in [5.74, 6) is 1.61. The zero-order chi connectivity index (χ0) is 23.6. The van der Waals surface area contributed by atoms with Crippen molar-refractivity contribution in [1.29, 1.82) is 0 Å². The van der Waals surface area contributed by atoms with Crippen LogP contribution in [0.3, 0.4) is 0 Å². The first-order valence-corrected chi connectivity index (χ1v) is 12.3. The smallest absolute Gasteiger partial charge is 0.255 e. The molecule has 1 aliphatic heterocycles. The predicted molar refractivity (Wildman–Crippen MR) is 136 cm³/mol. The minimum Gasteiger partial charge on any atom is -0.496 e. The Hall–Kier alpha value is -3.18. The van der Waals surface area contributed by atoms with Gasteiger partial charge >= 0.3 is 0 Å². The molecular formula is C29H35N3O2. The van der Waals surface area contributed by atoms with Crippen molar-refractivity contribution < 1.29 is 9.53 Å². The van der Waals surface area contributed by atoms with Crippen molar-refractivity contribution in [2.75, 3.05) is 33.3 Å². The fourth-order valence-electron chi connectivity index (χ4n) is 4.74. The number of hydrogen-bond donors (Lipinski definition) is 0. The Labute approximate surface area is 203 Å². The van der Waals surface area contributed by atoms with Crippen molar-refractivity contribution in [3.05, 3.63) is 95.8 Å². The Kier molecular flexibility index (Phi) is 8.69. The molecule has 178 valence electrons. The second-order valence-electron chi connectivity index (χ2n) is 9.09. The molecule has 0 spiro atoms. The quantitative estimate of drug-likeness (QED) is 0.426. The lowest BCUT2D eigenvalue weighted by Crippen LogP contribution is -2.41. The van der Waals surface area contributed by atoms with Crippen molar-refractivity contribution in [1.82, 2.24) is 14.8 Å². The van der Waals surface area contributed by atoms with Crippen LogP contribution in [-0.2, 0) is 13.0 Å². The van der Waals surface area contributed by atoms with Gasteiger partial charge in [-0.05, 0) is 68.5 Å². The van der Waals surface area contributed by atoms with E-state index in [1.54, 1.807) is 19.5 Å². The van der Waals surface area contributed by atoms with E-state index in [1.165, 1.54) is 24.8 Å². The Balaban J connectivity index is 1.33. The predicted octanol–water partition coefficient (Wildman–Crippen LogP) is 5.08. The van der Waals surface area contributed by atoms with Gasteiger partial charge in [-0.15, -0.1) is 0 Å². The number of para-hydroxylation sites is 1. The van der Waals surface area contributed by atoms with Crippen LogP contribution in [0.4, 0.5) is 0 Å². The van der Waals surface area contributed by atoms with Crippen LogP contribution in [-0.4, -0.2) is 54.0 Å². The average Bonchev–Trinajstić information content (AvgIpc) is 2.91. The summed E-state index contributed by atoms with van der Waals surface area (Å²) in [6.07, 6.45) is 8.24. The third kappa shape index (κ3) is 6.67. The zero-order valence-electron chi connectivity index (χ0n) is 20.1. The molecule has 0 radical (unpaired) electrons. The molecule has 1 aromatic heterocycles. The van der Waals surface area contributed by atoms with E-state index in [0.717, 1.165) is 43.3 Å². The van der Waals surface area contributed by atoms with E-state index in [4.69, 9.17) is 4.74 Å². The summed E-state index contributed by atoms with van der Waals surface area (Å²) in [5.41, 5.74) is 3.07. The van der Waals surface area contributed by atoms with Crippen LogP contribution >= 0.6 is 0 Å². The van der Waals surface area contributed by atoms with Gasteiger partial charge in [-0.2, -0.15) is 0 Å². The highest BCUT2D eigenvalue weighted by molar-refractivity contribution is 5.93. The molecule has 4 rings (SSSR count). The number of rotatable bonds is 10. The summed E-state index contributed by atoms with van der Waals surface area (Å²) in [5, 5.41) is 0. The number of ether oxygens (including phenoxy) is 1. The van der Waals surface area contributed by atoms with Crippen LogP contribution in [0.2, 0.25) is 0 Å². The normalized spacial score (nSPS) is 14.6. The first kappa shape index (κ1) is 24.0. The van der Waals surface area contributed by atoms with Gasteiger partial charge in [0.25, 0.3) is 5.91 Å². The van der Waals surface area contributed by atoms with Crippen LogP contribution in [0.5, 0.6) is 5.75 Å². The second kappa shape index (κ2) is 12.3. The maximum absolute atomic E-state index is 13.3. The molecule has 2 heterocycles. The topological polar surface area (TPSA) is 45.7 Å². The third-order valence-corrected chi connectivity index (χ3v) is 6.83. The lowest BCUT2D eigenvalue weighted by molar-refractivity contribution is 0.0705. The van der Waals surface area contributed by atoms with Crippen molar-refractivity contribution in [2.45, 2.75) is 32.2 Å². The first-order chi connectivity index (χ1) is 16.7. The van der Waals surface area contributed by atoms with Crippen LogP contribution in [0.15, 0.2) is 79.1 Å². The summed E-state index contributed by atoms with van der Waals surface area (Å²) < 4.78 is 5.53. The van der Waals surface area contributed by atoms with E-state index < -0.39 is 0 Å². The number of hydrogen-bond acceptors (Lipinski definition) is 4. The van der Waals surface area contributed by atoms with E-state index in [2.05, 4.69) is 40.2 Å². The number of carbonyl (C=O) groups excluding carboxylic acids is 1. The Morgan fingerprint density at radius 3 is 2.53 bits per heavy atom. The number of likely N-dealkylation sites (tertiary alicyclic amines) is 1. The van der Waals surface area contributed by atoms with Crippen LogP contribution in [0.25, 0.3) is 0 Å². The fourth-order valence-corrected chi connectivity index (χ4v) is 4.74. The number of piperidine rings is 1. The standard InChI is InChI=1S/C29H35N3O2/c1-34-28-12-6-5-10-27(28)23-32(29(33)26-11-7-17-30-22-26)21-20-31-18-15-25(16-19-31)14-13-24-8-3-2-4-9-24/h2-12,17,22,25H,13-16,18-21,23H2,1H3. The van der Waals surface area contributed by atoms with Crippen LogP contribution < -0.4 is 4.74 Å². The summed E-state index contributed by atoms with van der Waals surface area (Å²) in [4.78, 5) is 21.9. The minimum atomic E-state index is 0.0109. The number of nitrogens with zero attached hydrogens (tertiary/aromatic N) is 3. The van der Waals surface area contributed by atoms with Gasteiger partial charge in [0.15, 0.2) is 0 Å². The van der Waals surface area contributed by atoms with Gasteiger partial charge in [-0.3, -0.25) is 9.78 Å². The van der Waals surface area contributed by atoms with Crippen molar-refractivity contribution in [3.63, 3.8) is 0 Å². The largest absolute Gasteiger partial charge is 0.496 e. The molecular weight excluding hydrogens is 422 g/mol. The Morgan fingerprint density at radius 1 is 1.03 bits per heavy atom. The maximum Gasteiger partial charge on any atom is 0.255 e. The molecule has 1 saturated heterocycles. The number of methoxy groups -OCH3 is 1. The lowest BCUT2D eigenvalue weighted by atomic mass is 9.90. The maximum atomic E-state index is 13.3. The number of carbonyl (C=O) groups is 1. The van der Waals surface area contributed by atoms with Gasteiger partial charge in [0.2, 0.25) is 0 Å². The number of aromatic nitrogens is 1. The molecule has 1 aliphatic rings. The highest BCUT2D eigenvalue weighted by Crippen LogP contribution is 2.23. The van der Waals surface area contributed by atoms with Crippen molar-refractivity contribution in [2.24, 2.45) is 5.92 Å². The van der Waals surface area contributed by atoms with E-state index in [9.17, 15) is 4.79 Å². The number of aryl methyl sites for hydroxylation is 1. The van der Waals surface area contributed by atoms with Gasteiger partial charge < -0.3 is 14.5 Å². The molecule has 0 saturated carbocycles. The van der Waals surface area contributed by atoms with E-state index >= 15 is 0 Å². The van der Waals surface area contributed by atoms with E-state index in [0.29, 0.717) is 18.7 Å². The van der Waals surface area contributed by atoms with Crippen molar-refractivity contribution in [3.8, 4) is 5.75 Å². The first-order valence-electron chi connectivity index (χ1n) is 12.3. The van der Waals surface area contributed by atoms with Crippen molar-refractivity contribution >= 4 is 5.91 Å². The van der Waals surface area contributed by atoms with Gasteiger partial charge in [-0.25, -0.2) is 0 Å².